The van der Waals surface area contributed by atoms with Crippen LogP contribution in [0.5, 0.6) is 11.5 Å². The summed E-state index contributed by atoms with van der Waals surface area (Å²) in [4.78, 5) is 42.3. The lowest BCUT2D eigenvalue weighted by molar-refractivity contribution is -0.156. The van der Waals surface area contributed by atoms with E-state index in [1.807, 2.05) is 12.1 Å². The van der Waals surface area contributed by atoms with Crippen molar-refractivity contribution in [1.29, 1.82) is 0 Å². The van der Waals surface area contributed by atoms with Gasteiger partial charge in [-0.25, -0.2) is 0 Å². The van der Waals surface area contributed by atoms with Gasteiger partial charge in [-0.1, -0.05) is 24.8 Å². The smallest absolute Gasteiger partial charge is 0.246 e. The first-order valence-corrected chi connectivity index (χ1v) is 9.98. The minimum Gasteiger partial charge on any atom is -0.454 e. The SMILES string of the molecule is C=C1Nc2ccccc2C(=O)C[C@@H]2C(=O)N(C)CC(=O)N2[C@@H]1c1ccc2c(c1)OCO2. The van der Waals surface area contributed by atoms with E-state index >= 15 is 0 Å². The van der Waals surface area contributed by atoms with Gasteiger partial charge < -0.3 is 24.6 Å². The summed E-state index contributed by atoms with van der Waals surface area (Å²) in [6.07, 6.45) is -0.109. The molecule has 2 aromatic carbocycles. The first-order chi connectivity index (χ1) is 14.9. The molecule has 0 spiro atoms. The summed E-state index contributed by atoms with van der Waals surface area (Å²) in [5.74, 6) is 0.436. The van der Waals surface area contributed by atoms with Gasteiger partial charge in [-0.05, 0) is 29.8 Å². The van der Waals surface area contributed by atoms with E-state index in [9.17, 15) is 14.4 Å². The van der Waals surface area contributed by atoms with Gasteiger partial charge in [-0.15, -0.1) is 0 Å². The predicted octanol–water partition coefficient (Wildman–Crippen LogP) is 2.34. The lowest BCUT2D eigenvalue weighted by Crippen LogP contribution is -2.60. The molecule has 3 aliphatic heterocycles. The third-order valence-electron chi connectivity index (χ3n) is 5.88. The molecule has 0 unspecified atom stereocenters. The van der Waals surface area contributed by atoms with Crippen LogP contribution in [0.15, 0.2) is 54.7 Å². The number of ether oxygens (including phenoxy) is 2. The van der Waals surface area contributed by atoms with Crippen molar-refractivity contribution >= 4 is 23.3 Å². The fourth-order valence-electron chi connectivity index (χ4n) is 4.39. The summed E-state index contributed by atoms with van der Waals surface area (Å²) in [5, 5.41) is 3.22. The van der Waals surface area contributed by atoms with Crippen molar-refractivity contribution in [3.63, 3.8) is 0 Å². The Kier molecular flexibility index (Phi) is 4.43. The average molecular weight is 419 g/mol. The fraction of sp³-hybridized carbons (Fsp3) is 0.261. The van der Waals surface area contributed by atoms with Crippen molar-refractivity contribution in [3.05, 3.63) is 65.9 Å². The molecule has 0 bridgehead atoms. The molecule has 158 valence electrons. The Balaban J connectivity index is 1.67. The number of anilines is 1. The van der Waals surface area contributed by atoms with Gasteiger partial charge >= 0.3 is 0 Å². The summed E-state index contributed by atoms with van der Waals surface area (Å²) >= 11 is 0. The number of carbonyl (C=O) groups excluding carboxylic acids is 3. The topological polar surface area (TPSA) is 88.2 Å². The molecule has 3 heterocycles. The maximum atomic E-state index is 13.2. The highest BCUT2D eigenvalue weighted by atomic mass is 16.7. The Morgan fingerprint density at radius 2 is 1.84 bits per heavy atom. The van der Waals surface area contributed by atoms with E-state index < -0.39 is 12.1 Å². The van der Waals surface area contributed by atoms with Crippen LogP contribution in [0.25, 0.3) is 0 Å². The first kappa shape index (κ1) is 19.2. The lowest BCUT2D eigenvalue weighted by Gasteiger charge is -2.43. The summed E-state index contributed by atoms with van der Waals surface area (Å²) in [5.41, 5.74) is 2.25. The van der Waals surface area contributed by atoms with Crippen LogP contribution in [-0.2, 0) is 9.59 Å². The minimum absolute atomic E-state index is 0.0647. The molecule has 0 aliphatic carbocycles. The highest BCUT2D eigenvalue weighted by Crippen LogP contribution is 2.40. The molecule has 2 atom stereocenters. The molecule has 5 rings (SSSR count). The monoisotopic (exact) mass is 419 g/mol. The van der Waals surface area contributed by atoms with E-state index in [1.54, 1.807) is 37.4 Å². The second-order valence-corrected chi connectivity index (χ2v) is 7.85. The van der Waals surface area contributed by atoms with Crippen LogP contribution >= 0.6 is 0 Å². The molecular formula is C23H21N3O5. The number of Topliss-reactive ketones (excluding diaryl/α,β-unsaturated/α-hetero) is 1. The van der Waals surface area contributed by atoms with E-state index in [1.165, 1.54) is 9.80 Å². The van der Waals surface area contributed by atoms with E-state index in [-0.39, 0.29) is 37.4 Å². The molecule has 3 aliphatic rings. The van der Waals surface area contributed by atoms with Crippen LogP contribution in [0.2, 0.25) is 0 Å². The third kappa shape index (κ3) is 3.11. The number of likely N-dealkylation sites (N-methyl/N-ethyl adjacent to an activating group) is 1. The van der Waals surface area contributed by atoms with Crippen LogP contribution in [0.4, 0.5) is 5.69 Å². The highest BCUT2D eigenvalue weighted by molar-refractivity contribution is 6.06. The van der Waals surface area contributed by atoms with E-state index in [2.05, 4.69) is 11.9 Å². The van der Waals surface area contributed by atoms with Gasteiger partial charge in [0.25, 0.3) is 0 Å². The number of nitrogens with zero attached hydrogens (tertiary/aromatic N) is 2. The predicted molar refractivity (Wildman–Crippen MR) is 112 cm³/mol. The Labute approximate surface area is 179 Å². The molecular weight excluding hydrogens is 398 g/mol. The number of hydrogen-bond acceptors (Lipinski definition) is 6. The van der Waals surface area contributed by atoms with Crippen molar-refractivity contribution in [2.45, 2.75) is 18.5 Å². The van der Waals surface area contributed by atoms with Crippen LogP contribution in [0.1, 0.15) is 28.4 Å². The Hall–Kier alpha value is -3.81. The summed E-state index contributed by atoms with van der Waals surface area (Å²) < 4.78 is 10.9. The number of hydrogen-bond donors (Lipinski definition) is 1. The number of amides is 2. The van der Waals surface area contributed by atoms with Crippen LogP contribution in [-0.4, -0.2) is 53.8 Å². The van der Waals surface area contributed by atoms with Gasteiger partial charge in [0.2, 0.25) is 18.6 Å². The zero-order valence-corrected chi connectivity index (χ0v) is 17.0. The quantitative estimate of drug-likeness (QED) is 0.763. The Morgan fingerprint density at radius 1 is 1.06 bits per heavy atom. The van der Waals surface area contributed by atoms with Crippen LogP contribution < -0.4 is 14.8 Å². The van der Waals surface area contributed by atoms with Gasteiger partial charge in [0.15, 0.2) is 17.3 Å². The Morgan fingerprint density at radius 3 is 2.68 bits per heavy atom. The number of piperazine rings is 1. The van der Waals surface area contributed by atoms with E-state index in [4.69, 9.17) is 9.47 Å². The number of nitrogens with one attached hydrogen (secondary N) is 1. The second kappa shape index (κ2) is 7.16. The summed E-state index contributed by atoms with van der Waals surface area (Å²) in [6.45, 7) is 4.25. The maximum absolute atomic E-state index is 13.2. The largest absolute Gasteiger partial charge is 0.454 e. The van der Waals surface area contributed by atoms with Crippen molar-refractivity contribution in [2.24, 2.45) is 0 Å². The zero-order valence-electron chi connectivity index (χ0n) is 17.0. The maximum Gasteiger partial charge on any atom is 0.246 e. The molecule has 1 fully saturated rings. The summed E-state index contributed by atoms with van der Waals surface area (Å²) in [7, 11) is 1.57. The highest BCUT2D eigenvalue weighted by Gasteiger charge is 2.45. The number of ketones is 1. The van der Waals surface area contributed by atoms with Gasteiger partial charge in [0.05, 0.1) is 12.6 Å². The molecule has 31 heavy (non-hydrogen) atoms. The van der Waals surface area contributed by atoms with Crippen molar-refractivity contribution in [1.82, 2.24) is 9.80 Å². The van der Waals surface area contributed by atoms with Crippen LogP contribution in [0, 0.1) is 0 Å². The number of fused-ring (bicyclic) bond motifs is 3. The number of rotatable bonds is 1. The van der Waals surface area contributed by atoms with Crippen molar-refractivity contribution in [2.75, 3.05) is 25.7 Å². The number of benzene rings is 2. The average Bonchev–Trinajstić information content (AvgIpc) is 3.23. The van der Waals surface area contributed by atoms with Gasteiger partial charge in [0.1, 0.15) is 6.04 Å². The molecule has 2 amide bonds. The normalized spacial score (nSPS) is 22.9. The number of para-hydroxylation sites is 1. The van der Waals surface area contributed by atoms with Crippen molar-refractivity contribution in [3.8, 4) is 11.5 Å². The standard InChI is InChI=1S/C23H21N3O5/c1-13-22(14-7-8-19-20(9-14)31-12-30-19)26-17(23(29)25(2)11-21(26)28)10-18(27)15-5-3-4-6-16(15)24-13/h3-9,17,22,24H,1,10-12H2,2H3/t17-,22+/m1/s1. The molecule has 8 heteroatoms. The third-order valence-corrected chi connectivity index (χ3v) is 5.88. The van der Waals surface area contributed by atoms with Crippen molar-refractivity contribution < 1.29 is 23.9 Å². The van der Waals surface area contributed by atoms with Gasteiger partial charge in [0, 0.05) is 30.4 Å². The van der Waals surface area contributed by atoms with E-state index in [0.29, 0.717) is 34.0 Å². The molecule has 2 aromatic rings. The van der Waals surface area contributed by atoms with Crippen LogP contribution in [0.3, 0.4) is 0 Å². The molecule has 0 saturated carbocycles. The first-order valence-electron chi connectivity index (χ1n) is 9.98. The van der Waals surface area contributed by atoms with Gasteiger partial charge in [-0.3, -0.25) is 14.4 Å². The van der Waals surface area contributed by atoms with E-state index in [0.717, 1.165) is 0 Å². The molecule has 1 saturated heterocycles. The molecule has 8 nitrogen and oxygen atoms in total. The second-order valence-electron chi connectivity index (χ2n) is 7.85. The zero-order chi connectivity index (χ0) is 21.7. The fourth-order valence-corrected chi connectivity index (χ4v) is 4.39. The molecule has 0 radical (unpaired) electrons. The van der Waals surface area contributed by atoms with Gasteiger partial charge in [-0.2, -0.15) is 0 Å². The molecule has 1 N–H and O–H groups in total. The molecule has 0 aromatic heterocycles. The minimum atomic E-state index is -0.932. The lowest BCUT2D eigenvalue weighted by atomic mass is 9.95. The summed E-state index contributed by atoms with van der Waals surface area (Å²) in [6, 6.07) is 10.9. The number of carbonyl (C=O) groups is 3. The Bertz CT molecular complexity index is 1130.